The minimum atomic E-state index is -0.551. The van der Waals surface area contributed by atoms with Crippen LogP contribution in [-0.4, -0.2) is 30.2 Å². The maximum absolute atomic E-state index is 10.2. The van der Waals surface area contributed by atoms with Crippen LogP contribution in [0, 0.1) is 6.92 Å². The summed E-state index contributed by atoms with van der Waals surface area (Å²) in [6.45, 7) is 5.32. The molecule has 1 unspecified atom stereocenters. The van der Waals surface area contributed by atoms with Crippen LogP contribution in [0.1, 0.15) is 49.8 Å². The van der Waals surface area contributed by atoms with Gasteiger partial charge in [0.05, 0.1) is 12.6 Å². The number of hydrogen-bond acceptors (Lipinski definition) is 2. The molecule has 1 aliphatic carbocycles. The number of guanidine groups is 1. The first kappa shape index (κ1) is 15.8. The zero-order valence-corrected chi connectivity index (χ0v) is 13.1. The molecule has 0 radical (unpaired) electrons. The van der Waals surface area contributed by atoms with Crippen molar-refractivity contribution in [3.8, 4) is 0 Å². The molecular formula is C17H27N3O. The fourth-order valence-electron chi connectivity index (χ4n) is 2.66. The van der Waals surface area contributed by atoms with Crippen molar-refractivity contribution in [3.63, 3.8) is 0 Å². The summed E-state index contributed by atoms with van der Waals surface area (Å²) in [5.41, 5.74) is 2.12. The second-order valence-corrected chi connectivity index (χ2v) is 5.77. The maximum Gasteiger partial charge on any atom is 0.191 e. The number of aliphatic hydroxyl groups excluding tert-OH is 1. The molecule has 1 fully saturated rings. The number of nitrogens with zero attached hydrogens (tertiary/aromatic N) is 1. The minimum absolute atomic E-state index is 0.380. The lowest BCUT2D eigenvalue weighted by Crippen LogP contribution is -2.42. The topological polar surface area (TPSA) is 56.7 Å². The van der Waals surface area contributed by atoms with Gasteiger partial charge in [-0.15, -0.1) is 0 Å². The van der Waals surface area contributed by atoms with Crippen LogP contribution >= 0.6 is 0 Å². The van der Waals surface area contributed by atoms with Crippen molar-refractivity contribution in [1.29, 1.82) is 0 Å². The summed E-state index contributed by atoms with van der Waals surface area (Å²) >= 11 is 0. The molecule has 1 aromatic carbocycles. The molecule has 4 heteroatoms. The number of hydrogen-bond donors (Lipinski definition) is 3. The van der Waals surface area contributed by atoms with E-state index in [2.05, 4.69) is 22.5 Å². The largest absolute Gasteiger partial charge is 0.386 e. The molecule has 2 rings (SSSR count). The van der Waals surface area contributed by atoms with Gasteiger partial charge in [-0.1, -0.05) is 42.7 Å². The molecule has 0 amide bonds. The summed E-state index contributed by atoms with van der Waals surface area (Å²) in [5.74, 6) is 0.815. The molecule has 21 heavy (non-hydrogen) atoms. The number of nitrogens with one attached hydrogen (secondary N) is 2. The Balaban J connectivity index is 1.92. The van der Waals surface area contributed by atoms with Crippen LogP contribution < -0.4 is 10.6 Å². The van der Waals surface area contributed by atoms with Crippen molar-refractivity contribution in [3.05, 3.63) is 35.4 Å². The molecular weight excluding hydrogens is 262 g/mol. The van der Waals surface area contributed by atoms with E-state index in [0.717, 1.165) is 18.1 Å². The first-order chi connectivity index (χ1) is 10.2. The Kier molecular flexibility index (Phi) is 6.05. The lowest BCUT2D eigenvalue weighted by atomic mass is 10.1. The Labute approximate surface area is 127 Å². The van der Waals surface area contributed by atoms with Gasteiger partial charge in [0.2, 0.25) is 0 Å². The van der Waals surface area contributed by atoms with E-state index in [9.17, 15) is 5.11 Å². The Morgan fingerprint density at radius 1 is 1.29 bits per heavy atom. The highest BCUT2D eigenvalue weighted by Crippen LogP contribution is 2.17. The Bertz CT molecular complexity index is 450. The van der Waals surface area contributed by atoms with E-state index in [1.54, 1.807) is 0 Å². The SMILES string of the molecule is CCNC(=NCC(O)c1ccc(C)cc1)NC1CCCC1. The first-order valence-corrected chi connectivity index (χ1v) is 7.98. The lowest BCUT2D eigenvalue weighted by Gasteiger charge is -2.17. The second-order valence-electron chi connectivity index (χ2n) is 5.77. The molecule has 0 aromatic heterocycles. The molecule has 1 saturated carbocycles. The molecule has 0 saturated heterocycles. The van der Waals surface area contributed by atoms with Gasteiger partial charge >= 0.3 is 0 Å². The van der Waals surface area contributed by atoms with Gasteiger partial charge in [0.25, 0.3) is 0 Å². The number of benzene rings is 1. The van der Waals surface area contributed by atoms with E-state index in [1.165, 1.54) is 31.2 Å². The molecule has 116 valence electrons. The zero-order chi connectivity index (χ0) is 15.1. The number of aryl methyl sites for hydroxylation is 1. The third-order valence-corrected chi connectivity index (χ3v) is 3.92. The van der Waals surface area contributed by atoms with Crippen molar-refractivity contribution in [2.75, 3.05) is 13.1 Å². The maximum atomic E-state index is 10.2. The average molecular weight is 289 g/mol. The smallest absolute Gasteiger partial charge is 0.191 e. The van der Waals surface area contributed by atoms with E-state index in [1.807, 2.05) is 31.2 Å². The third-order valence-electron chi connectivity index (χ3n) is 3.92. The molecule has 1 aromatic rings. The minimum Gasteiger partial charge on any atom is -0.386 e. The quantitative estimate of drug-likeness (QED) is 0.577. The molecule has 0 spiro atoms. The van der Waals surface area contributed by atoms with Gasteiger partial charge in [-0.05, 0) is 32.3 Å². The van der Waals surface area contributed by atoms with Crippen molar-refractivity contribution in [2.45, 2.75) is 51.7 Å². The Morgan fingerprint density at radius 2 is 1.95 bits per heavy atom. The van der Waals surface area contributed by atoms with E-state index < -0.39 is 6.10 Å². The van der Waals surface area contributed by atoms with Gasteiger partial charge in [0, 0.05) is 12.6 Å². The molecule has 4 nitrogen and oxygen atoms in total. The van der Waals surface area contributed by atoms with Crippen LogP contribution in [0.4, 0.5) is 0 Å². The second kappa shape index (κ2) is 8.03. The highest BCUT2D eigenvalue weighted by atomic mass is 16.3. The highest BCUT2D eigenvalue weighted by Gasteiger charge is 2.16. The van der Waals surface area contributed by atoms with Gasteiger partial charge in [-0.2, -0.15) is 0 Å². The fraction of sp³-hybridized carbons (Fsp3) is 0.588. The summed E-state index contributed by atoms with van der Waals surface area (Å²) < 4.78 is 0. The van der Waals surface area contributed by atoms with Crippen molar-refractivity contribution < 1.29 is 5.11 Å². The van der Waals surface area contributed by atoms with Crippen molar-refractivity contribution in [2.24, 2.45) is 4.99 Å². The molecule has 0 aliphatic heterocycles. The lowest BCUT2D eigenvalue weighted by molar-refractivity contribution is 0.187. The standard InChI is InChI=1S/C17H27N3O/c1-3-18-17(20-15-6-4-5-7-15)19-12-16(21)14-10-8-13(2)9-11-14/h8-11,15-16,21H,3-7,12H2,1-2H3,(H2,18,19,20). The molecule has 1 atom stereocenters. The molecule has 1 aliphatic rings. The summed E-state index contributed by atoms with van der Waals surface area (Å²) in [6, 6.07) is 8.49. The predicted octanol–water partition coefficient (Wildman–Crippen LogP) is 2.53. The summed E-state index contributed by atoms with van der Waals surface area (Å²) in [4.78, 5) is 4.52. The van der Waals surface area contributed by atoms with Crippen LogP contribution in [-0.2, 0) is 0 Å². The normalized spacial score (nSPS) is 17.8. The van der Waals surface area contributed by atoms with Crippen LogP contribution in [0.2, 0.25) is 0 Å². The van der Waals surface area contributed by atoms with Crippen LogP contribution in [0.5, 0.6) is 0 Å². The summed E-state index contributed by atoms with van der Waals surface area (Å²) in [7, 11) is 0. The van der Waals surface area contributed by atoms with Crippen LogP contribution in [0.3, 0.4) is 0 Å². The Hall–Kier alpha value is -1.55. The van der Waals surface area contributed by atoms with Gasteiger partial charge in [-0.3, -0.25) is 4.99 Å². The Morgan fingerprint density at radius 3 is 2.57 bits per heavy atom. The highest BCUT2D eigenvalue weighted by molar-refractivity contribution is 5.80. The fourth-order valence-corrected chi connectivity index (χ4v) is 2.66. The van der Waals surface area contributed by atoms with Gasteiger partial charge in [-0.25, -0.2) is 0 Å². The number of aliphatic hydroxyl groups is 1. The molecule has 0 heterocycles. The van der Waals surface area contributed by atoms with Crippen molar-refractivity contribution >= 4 is 5.96 Å². The summed E-state index contributed by atoms with van der Waals surface area (Å²) in [5, 5.41) is 16.9. The van der Waals surface area contributed by atoms with Crippen LogP contribution in [0.15, 0.2) is 29.3 Å². The number of aliphatic imine (C=N–C) groups is 1. The van der Waals surface area contributed by atoms with Crippen LogP contribution in [0.25, 0.3) is 0 Å². The zero-order valence-electron chi connectivity index (χ0n) is 13.1. The van der Waals surface area contributed by atoms with Gasteiger partial charge in [0.15, 0.2) is 5.96 Å². The predicted molar refractivity (Wildman–Crippen MR) is 87.5 cm³/mol. The van der Waals surface area contributed by atoms with E-state index in [0.29, 0.717) is 12.6 Å². The van der Waals surface area contributed by atoms with E-state index >= 15 is 0 Å². The van der Waals surface area contributed by atoms with Gasteiger partial charge in [0.1, 0.15) is 0 Å². The number of rotatable bonds is 5. The first-order valence-electron chi connectivity index (χ1n) is 7.98. The van der Waals surface area contributed by atoms with Gasteiger partial charge < -0.3 is 15.7 Å². The van der Waals surface area contributed by atoms with E-state index in [-0.39, 0.29) is 0 Å². The summed E-state index contributed by atoms with van der Waals surface area (Å²) in [6.07, 6.45) is 4.46. The molecule has 3 N–H and O–H groups in total. The third kappa shape index (κ3) is 5.05. The average Bonchev–Trinajstić information content (AvgIpc) is 2.98. The molecule has 0 bridgehead atoms. The van der Waals surface area contributed by atoms with Crippen molar-refractivity contribution in [1.82, 2.24) is 10.6 Å². The van der Waals surface area contributed by atoms with E-state index in [4.69, 9.17) is 0 Å². The monoisotopic (exact) mass is 289 g/mol.